The number of benzene rings is 1. The highest BCUT2D eigenvalue weighted by Crippen LogP contribution is 2.12. The fraction of sp³-hybridized carbons (Fsp3) is 0.520. The van der Waals surface area contributed by atoms with Gasteiger partial charge < -0.3 is 0 Å². The van der Waals surface area contributed by atoms with E-state index in [-0.39, 0.29) is 5.78 Å². The molecule has 2 nitrogen and oxygen atoms in total. The normalized spacial score (nSPS) is 10.9. The molecule has 1 heterocycles. The van der Waals surface area contributed by atoms with Gasteiger partial charge in [-0.15, -0.1) is 0 Å². The van der Waals surface area contributed by atoms with Gasteiger partial charge in [0, 0.05) is 17.7 Å². The van der Waals surface area contributed by atoms with E-state index in [2.05, 4.69) is 19.1 Å². The molecule has 2 rings (SSSR count). The molecule has 1 aromatic heterocycles. The van der Waals surface area contributed by atoms with Crippen LogP contribution in [-0.4, -0.2) is 5.78 Å². The number of ketones is 1. The lowest BCUT2D eigenvalue weighted by molar-refractivity contribution is -0.683. The van der Waals surface area contributed by atoms with Crippen LogP contribution in [0.2, 0.25) is 0 Å². The molecule has 1 aromatic carbocycles. The molecule has 0 N–H and O–H groups in total. The first kappa shape index (κ1) is 21.3. The molecule has 2 aromatic rings. The topological polar surface area (TPSA) is 20.9 Å². The molecule has 0 saturated heterocycles. The number of aryl methyl sites for hydroxylation is 1. The standard InChI is InChI=1S/C25H36NO/c1-2-3-4-5-6-7-8-9-10-12-15-23-18-20-26(21-19-23)22-25(27)24-16-13-11-14-17-24/h11,13-14,16-21H,2-10,12,15,22H2,1H3/q+1. The number of aromatic nitrogens is 1. The molecule has 146 valence electrons. The predicted octanol–water partition coefficient (Wildman–Crippen LogP) is 6.32. The molecule has 0 atom stereocenters. The Kier molecular flexibility index (Phi) is 10.5. The van der Waals surface area contributed by atoms with E-state index in [4.69, 9.17) is 0 Å². The summed E-state index contributed by atoms with van der Waals surface area (Å²) in [6.45, 7) is 2.68. The van der Waals surface area contributed by atoms with Gasteiger partial charge in [-0.2, -0.15) is 4.57 Å². The molecule has 0 aliphatic carbocycles. The van der Waals surface area contributed by atoms with Crippen LogP contribution in [0.1, 0.15) is 87.1 Å². The maximum atomic E-state index is 12.2. The van der Waals surface area contributed by atoms with Gasteiger partial charge in [0.1, 0.15) is 0 Å². The third-order valence-electron chi connectivity index (χ3n) is 5.20. The van der Waals surface area contributed by atoms with Crippen LogP contribution >= 0.6 is 0 Å². The lowest BCUT2D eigenvalue weighted by Gasteiger charge is -2.03. The first-order valence-corrected chi connectivity index (χ1v) is 10.9. The van der Waals surface area contributed by atoms with Crippen molar-refractivity contribution in [1.82, 2.24) is 0 Å². The maximum absolute atomic E-state index is 12.2. The summed E-state index contributed by atoms with van der Waals surface area (Å²) in [6, 6.07) is 13.8. The second kappa shape index (κ2) is 13.2. The summed E-state index contributed by atoms with van der Waals surface area (Å²) in [7, 11) is 0. The van der Waals surface area contributed by atoms with Gasteiger partial charge in [0.05, 0.1) is 0 Å². The summed E-state index contributed by atoms with van der Waals surface area (Å²) in [5.41, 5.74) is 2.15. The van der Waals surface area contributed by atoms with E-state index in [1.54, 1.807) is 0 Å². The van der Waals surface area contributed by atoms with Crippen molar-refractivity contribution in [2.24, 2.45) is 0 Å². The van der Waals surface area contributed by atoms with Gasteiger partial charge >= 0.3 is 0 Å². The van der Waals surface area contributed by atoms with E-state index in [0.29, 0.717) is 6.54 Å². The lowest BCUT2D eigenvalue weighted by atomic mass is 10.0. The van der Waals surface area contributed by atoms with Gasteiger partial charge in [-0.05, 0) is 18.4 Å². The summed E-state index contributed by atoms with van der Waals surface area (Å²) in [5, 5.41) is 0. The molecule has 0 amide bonds. The SMILES string of the molecule is CCCCCCCCCCCCc1cc[n+](CC(=O)c2ccccc2)cc1. The second-order valence-corrected chi connectivity index (χ2v) is 7.60. The first-order chi connectivity index (χ1) is 13.3. The van der Waals surface area contributed by atoms with Crippen LogP contribution in [0.4, 0.5) is 0 Å². The predicted molar refractivity (Wildman–Crippen MR) is 113 cm³/mol. The Hall–Kier alpha value is -1.96. The van der Waals surface area contributed by atoms with Crippen LogP contribution in [0, 0.1) is 0 Å². The summed E-state index contributed by atoms with van der Waals surface area (Å²) in [6.07, 6.45) is 19.0. The number of unbranched alkanes of at least 4 members (excludes halogenated alkanes) is 9. The van der Waals surface area contributed by atoms with Crippen molar-refractivity contribution < 1.29 is 9.36 Å². The Labute approximate surface area is 165 Å². The highest BCUT2D eigenvalue weighted by molar-refractivity contribution is 5.94. The molecule has 0 unspecified atom stereocenters. The molecule has 0 spiro atoms. The summed E-state index contributed by atoms with van der Waals surface area (Å²) in [5.74, 6) is 0.156. The number of hydrogen-bond donors (Lipinski definition) is 0. The average molecular weight is 367 g/mol. The fourth-order valence-corrected chi connectivity index (χ4v) is 3.46. The van der Waals surface area contributed by atoms with Crippen molar-refractivity contribution in [1.29, 1.82) is 0 Å². The molecular formula is C25H36NO+. The second-order valence-electron chi connectivity index (χ2n) is 7.60. The zero-order valence-electron chi connectivity index (χ0n) is 17.0. The monoisotopic (exact) mass is 366 g/mol. The molecule has 0 aliphatic heterocycles. The van der Waals surface area contributed by atoms with Crippen molar-refractivity contribution in [3.05, 3.63) is 66.0 Å². The number of pyridine rings is 1. The number of rotatable bonds is 14. The number of carbonyl (C=O) groups excluding carboxylic acids is 1. The van der Waals surface area contributed by atoms with Crippen molar-refractivity contribution in [3.8, 4) is 0 Å². The van der Waals surface area contributed by atoms with Gasteiger partial charge in [0.15, 0.2) is 12.4 Å². The molecule has 0 aliphatic rings. The van der Waals surface area contributed by atoms with E-state index < -0.39 is 0 Å². The number of Topliss-reactive ketones (excluding diaryl/α,β-unsaturated/α-hetero) is 1. The Morgan fingerprint density at radius 1 is 0.741 bits per heavy atom. The summed E-state index contributed by atoms with van der Waals surface area (Å²) in [4.78, 5) is 12.2. The zero-order valence-corrected chi connectivity index (χ0v) is 17.0. The van der Waals surface area contributed by atoms with Crippen LogP contribution in [0.5, 0.6) is 0 Å². The fourth-order valence-electron chi connectivity index (χ4n) is 3.46. The minimum absolute atomic E-state index is 0.156. The smallest absolute Gasteiger partial charge is 0.227 e. The van der Waals surface area contributed by atoms with Crippen LogP contribution < -0.4 is 4.57 Å². The van der Waals surface area contributed by atoms with Crippen LogP contribution in [0.3, 0.4) is 0 Å². The molecule has 0 radical (unpaired) electrons. The Bertz CT molecular complexity index is 633. The van der Waals surface area contributed by atoms with E-state index >= 15 is 0 Å². The van der Waals surface area contributed by atoms with Crippen LogP contribution in [0.15, 0.2) is 54.9 Å². The minimum Gasteiger partial charge on any atom is -0.287 e. The van der Waals surface area contributed by atoms with Crippen molar-refractivity contribution in [2.75, 3.05) is 0 Å². The van der Waals surface area contributed by atoms with Crippen LogP contribution in [-0.2, 0) is 13.0 Å². The number of hydrogen-bond acceptors (Lipinski definition) is 1. The minimum atomic E-state index is 0.156. The third kappa shape index (κ3) is 8.99. The van der Waals surface area contributed by atoms with E-state index in [1.807, 2.05) is 47.3 Å². The Morgan fingerprint density at radius 3 is 1.89 bits per heavy atom. The molecule has 2 heteroatoms. The van der Waals surface area contributed by atoms with Crippen LogP contribution in [0.25, 0.3) is 0 Å². The Morgan fingerprint density at radius 2 is 1.30 bits per heavy atom. The highest BCUT2D eigenvalue weighted by Gasteiger charge is 2.11. The number of nitrogens with zero attached hydrogens (tertiary/aromatic N) is 1. The first-order valence-electron chi connectivity index (χ1n) is 10.9. The van der Waals surface area contributed by atoms with Gasteiger partial charge in [0.25, 0.3) is 0 Å². The summed E-state index contributed by atoms with van der Waals surface area (Å²) >= 11 is 0. The van der Waals surface area contributed by atoms with Crippen molar-refractivity contribution in [2.45, 2.75) is 84.1 Å². The highest BCUT2D eigenvalue weighted by atomic mass is 16.1. The maximum Gasteiger partial charge on any atom is 0.227 e. The molecule has 0 fully saturated rings. The molecule has 0 bridgehead atoms. The quantitative estimate of drug-likeness (QED) is 0.218. The molecular weight excluding hydrogens is 330 g/mol. The molecule has 27 heavy (non-hydrogen) atoms. The van der Waals surface area contributed by atoms with E-state index in [1.165, 1.54) is 69.8 Å². The largest absolute Gasteiger partial charge is 0.287 e. The van der Waals surface area contributed by atoms with Gasteiger partial charge in [0.2, 0.25) is 12.3 Å². The van der Waals surface area contributed by atoms with Crippen molar-refractivity contribution >= 4 is 5.78 Å². The molecule has 0 saturated carbocycles. The van der Waals surface area contributed by atoms with E-state index in [9.17, 15) is 4.79 Å². The number of carbonyl (C=O) groups is 1. The lowest BCUT2D eigenvalue weighted by Crippen LogP contribution is -2.37. The average Bonchev–Trinajstić information content (AvgIpc) is 2.71. The van der Waals surface area contributed by atoms with Gasteiger partial charge in [-0.25, -0.2) is 0 Å². The zero-order chi connectivity index (χ0) is 19.2. The Balaban J connectivity index is 1.57. The summed E-state index contributed by atoms with van der Waals surface area (Å²) < 4.78 is 1.97. The van der Waals surface area contributed by atoms with Crippen molar-refractivity contribution in [3.63, 3.8) is 0 Å². The van der Waals surface area contributed by atoms with Gasteiger partial charge in [-0.3, -0.25) is 4.79 Å². The third-order valence-corrected chi connectivity index (χ3v) is 5.20. The van der Waals surface area contributed by atoms with Gasteiger partial charge in [-0.1, -0.05) is 95.0 Å². The van der Waals surface area contributed by atoms with E-state index in [0.717, 1.165) is 12.0 Å².